The van der Waals surface area contributed by atoms with Crippen LogP contribution >= 0.6 is 35.0 Å². The van der Waals surface area contributed by atoms with Gasteiger partial charge in [0.05, 0.1) is 9.93 Å². The highest BCUT2D eigenvalue weighted by atomic mass is 35.5. The van der Waals surface area contributed by atoms with Gasteiger partial charge in [-0.15, -0.1) is 0 Å². The van der Waals surface area contributed by atoms with E-state index in [2.05, 4.69) is 0 Å². The van der Waals surface area contributed by atoms with Crippen LogP contribution in [-0.4, -0.2) is 36.9 Å². The van der Waals surface area contributed by atoms with E-state index in [1.807, 2.05) is 0 Å². The summed E-state index contributed by atoms with van der Waals surface area (Å²) in [5, 5.41) is -0.278. The molecule has 2 aromatic rings. The minimum Gasteiger partial charge on any atom is -0.377 e. The molecule has 30 heavy (non-hydrogen) atoms. The minimum atomic E-state index is -4.13. The third kappa shape index (κ3) is 4.96. The van der Waals surface area contributed by atoms with Crippen molar-refractivity contribution in [2.75, 3.05) is 6.54 Å². The largest absolute Gasteiger partial charge is 0.377 e. The molecule has 1 aliphatic heterocycles. The first-order valence-electron chi connectivity index (χ1n) is 8.10. The molecular weight excluding hydrogens is 475 g/mol. The maximum atomic E-state index is 12.4. The third-order valence-corrected chi connectivity index (χ3v) is 6.45. The highest BCUT2D eigenvalue weighted by molar-refractivity contribution is 8.18. The summed E-state index contributed by atoms with van der Waals surface area (Å²) in [7, 11) is -4.13. The standard InChI is InChI=1S/C18H12Cl2N2O6S2/c19-11-2-4-12(5-3-11)30(26,27)28-14-6-1-10(7-13(14)20)8-15-17(24)22(9-16(21)23)18(25)29-15/h1-8H,9H2,(H2,21,23)/b15-8-. The number of amides is 3. The number of benzene rings is 2. The van der Waals surface area contributed by atoms with E-state index in [4.69, 9.17) is 33.1 Å². The van der Waals surface area contributed by atoms with E-state index in [0.29, 0.717) is 22.3 Å². The summed E-state index contributed by atoms with van der Waals surface area (Å²) in [4.78, 5) is 35.8. The number of nitrogens with zero attached hydrogens (tertiary/aromatic N) is 1. The number of rotatable bonds is 6. The van der Waals surface area contributed by atoms with Crippen LogP contribution in [0.5, 0.6) is 5.75 Å². The molecule has 1 fully saturated rings. The van der Waals surface area contributed by atoms with Crippen LogP contribution in [-0.2, 0) is 19.7 Å². The first-order valence-corrected chi connectivity index (χ1v) is 11.1. The summed E-state index contributed by atoms with van der Waals surface area (Å²) >= 11 is 12.5. The van der Waals surface area contributed by atoms with E-state index < -0.39 is 33.7 Å². The van der Waals surface area contributed by atoms with Crippen LogP contribution in [0.2, 0.25) is 10.0 Å². The van der Waals surface area contributed by atoms with Crippen molar-refractivity contribution in [2.45, 2.75) is 4.90 Å². The van der Waals surface area contributed by atoms with Gasteiger partial charge in [0.15, 0.2) is 5.75 Å². The van der Waals surface area contributed by atoms with Gasteiger partial charge in [-0.25, -0.2) is 0 Å². The molecule has 0 aromatic heterocycles. The Morgan fingerprint density at radius 2 is 1.80 bits per heavy atom. The fraction of sp³-hybridized carbons (Fsp3) is 0.0556. The number of carbonyl (C=O) groups is 3. The highest BCUT2D eigenvalue weighted by Crippen LogP contribution is 2.34. The molecule has 0 saturated carbocycles. The van der Waals surface area contributed by atoms with Gasteiger partial charge in [-0.05, 0) is 59.8 Å². The number of nitrogens with two attached hydrogens (primary N) is 1. The number of hydrogen-bond acceptors (Lipinski definition) is 7. The van der Waals surface area contributed by atoms with Crippen LogP contribution in [0, 0.1) is 0 Å². The second-order valence-electron chi connectivity index (χ2n) is 5.92. The molecule has 1 heterocycles. The van der Waals surface area contributed by atoms with Crippen LogP contribution in [0.4, 0.5) is 4.79 Å². The Kier molecular flexibility index (Phi) is 6.41. The van der Waals surface area contributed by atoms with Crippen molar-refractivity contribution in [3.05, 3.63) is 63.0 Å². The Morgan fingerprint density at radius 3 is 2.40 bits per heavy atom. The predicted octanol–water partition coefficient (Wildman–Crippen LogP) is 3.28. The molecule has 8 nitrogen and oxygen atoms in total. The molecular formula is C18H12Cl2N2O6S2. The predicted molar refractivity (Wildman–Crippen MR) is 113 cm³/mol. The molecule has 0 unspecified atom stereocenters. The smallest absolute Gasteiger partial charge is 0.339 e. The normalized spacial score (nSPS) is 15.7. The van der Waals surface area contributed by atoms with Gasteiger partial charge in [0.2, 0.25) is 5.91 Å². The maximum absolute atomic E-state index is 12.4. The van der Waals surface area contributed by atoms with Crippen molar-refractivity contribution in [3.8, 4) is 5.75 Å². The minimum absolute atomic E-state index is 0.0300. The van der Waals surface area contributed by atoms with E-state index in [1.165, 1.54) is 48.5 Å². The molecule has 156 valence electrons. The van der Waals surface area contributed by atoms with Crippen molar-refractivity contribution in [3.63, 3.8) is 0 Å². The van der Waals surface area contributed by atoms with Crippen molar-refractivity contribution in [1.29, 1.82) is 0 Å². The summed E-state index contributed by atoms with van der Waals surface area (Å²) in [6.07, 6.45) is 1.38. The summed E-state index contributed by atoms with van der Waals surface area (Å²) in [5.41, 5.74) is 5.45. The number of halogens is 2. The van der Waals surface area contributed by atoms with Crippen LogP contribution in [0.25, 0.3) is 6.08 Å². The molecule has 1 aliphatic rings. The highest BCUT2D eigenvalue weighted by Gasteiger charge is 2.35. The summed E-state index contributed by atoms with van der Waals surface area (Å²) in [5.74, 6) is -1.60. The lowest BCUT2D eigenvalue weighted by atomic mass is 10.2. The molecule has 0 aliphatic carbocycles. The summed E-state index contributed by atoms with van der Waals surface area (Å²) < 4.78 is 29.8. The van der Waals surface area contributed by atoms with Gasteiger partial charge in [-0.2, -0.15) is 8.42 Å². The van der Waals surface area contributed by atoms with E-state index >= 15 is 0 Å². The fourth-order valence-corrected chi connectivity index (χ4v) is 4.57. The van der Waals surface area contributed by atoms with Crippen LogP contribution < -0.4 is 9.92 Å². The molecule has 12 heteroatoms. The molecule has 0 spiro atoms. The molecule has 3 rings (SSSR count). The van der Waals surface area contributed by atoms with Crippen molar-refractivity contribution in [1.82, 2.24) is 4.90 Å². The van der Waals surface area contributed by atoms with Crippen LogP contribution in [0.15, 0.2) is 52.3 Å². The quantitative estimate of drug-likeness (QED) is 0.490. The lowest BCUT2D eigenvalue weighted by Crippen LogP contribution is -2.36. The van der Waals surface area contributed by atoms with Crippen LogP contribution in [0.1, 0.15) is 5.56 Å². The monoisotopic (exact) mass is 486 g/mol. The number of carbonyl (C=O) groups excluding carboxylic acids is 3. The van der Waals surface area contributed by atoms with E-state index in [1.54, 1.807) is 0 Å². The average Bonchev–Trinajstić information content (AvgIpc) is 2.91. The Balaban J connectivity index is 1.81. The molecule has 3 amide bonds. The first-order chi connectivity index (χ1) is 14.1. The second-order valence-corrected chi connectivity index (χ2v) is 9.30. The average molecular weight is 487 g/mol. The molecule has 1 saturated heterocycles. The molecule has 0 atom stereocenters. The summed E-state index contributed by atoms with van der Waals surface area (Å²) in [6.45, 7) is -0.516. The Morgan fingerprint density at radius 1 is 1.13 bits per heavy atom. The Labute approximate surface area is 185 Å². The fourth-order valence-electron chi connectivity index (χ4n) is 2.39. The molecule has 0 bridgehead atoms. The lowest BCUT2D eigenvalue weighted by molar-refractivity contribution is -0.127. The Hall–Kier alpha value is -2.53. The van der Waals surface area contributed by atoms with Crippen molar-refractivity contribution < 1.29 is 27.0 Å². The summed E-state index contributed by atoms with van der Waals surface area (Å²) in [6, 6.07) is 9.55. The number of hydrogen-bond donors (Lipinski definition) is 1. The zero-order valence-corrected chi connectivity index (χ0v) is 18.0. The van der Waals surface area contributed by atoms with E-state index in [9.17, 15) is 22.8 Å². The second kappa shape index (κ2) is 8.68. The molecule has 2 N–H and O–H groups in total. The van der Waals surface area contributed by atoms with Crippen LogP contribution in [0.3, 0.4) is 0 Å². The topological polar surface area (TPSA) is 124 Å². The van der Waals surface area contributed by atoms with Crippen molar-refractivity contribution in [2.24, 2.45) is 5.73 Å². The van der Waals surface area contributed by atoms with E-state index in [0.717, 1.165) is 4.90 Å². The van der Waals surface area contributed by atoms with Crippen molar-refractivity contribution >= 4 is 68.2 Å². The zero-order valence-electron chi connectivity index (χ0n) is 14.9. The van der Waals surface area contributed by atoms with Gasteiger partial charge >= 0.3 is 10.1 Å². The number of imide groups is 1. The number of primary amides is 1. The molecule has 2 aromatic carbocycles. The first kappa shape index (κ1) is 22.2. The zero-order chi connectivity index (χ0) is 22.1. The number of thioether (sulfide) groups is 1. The van der Waals surface area contributed by atoms with Gasteiger partial charge in [-0.1, -0.05) is 29.3 Å². The third-order valence-electron chi connectivity index (χ3n) is 3.74. The van der Waals surface area contributed by atoms with E-state index in [-0.39, 0.29) is 20.6 Å². The van der Waals surface area contributed by atoms with Gasteiger partial charge in [0, 0.05) is 5.02 Å². The Bertz CT molecular complexity index is 1180. The van der Waals surface area contributed by atoms with Gasteiger partial charge in [0.1, 0.15) is 11.4 Å². The lowest BCUT2D eigenvalue weighted by Gasteiger charge is -2.09. The van der Waals surface area contributed by atoms with Gasteiger partial charge < -0.3 is 9.92 Å². The SMILES string of the molecule is NC(=O)CN1C(=O)S/C(=C\c2ccc(OS(=O)(=O)c3ccc(Cl)cc3)c(Cl)c2)C1=O. The maximum Gasteiger partial charge on any atom is 0.339 e. The molecule has 0 radical (unpaired) electrons. The van der Waals surface area contributed by atoms with Gasteiger partial charge in [-0.3, -0.25) is 19.3 Å². The van der Waals surface area contributed by atoms with Gasteiger partial charge in [0.25, 0.3) is 11.1 Å².